The van der Waals surface area contributed by atoms with Crippen molar-refractivity contribution in [1.29, 1.82) is 0 Å². The minimum absolute atomic E-state index is 0.342. The van der Waals surface area contributed by atoms with Gasteiger partial charge >= 0.3 is 0 Å². The monoisotopic (exact) mass is 179 g/mol. The van der Waals surface area contributed by atoms with Crippen LogP contribution in [0.5, 0.6) is 5.75 Å². The summed E-state index contributed by atoms with van der Waals surface area (Å²) in [6.45, 7) is 5.27. The number of hydrogen-bond donors (Lipinski definition) is 1. The minimum atomic E-state index is 0.342. The average Bonchev–Trinajstić information content (AvgIpc) is 2.15. The van der Waals surface area contributed by atoms with Gasteiger partial charge in [0.05, 0.1) is 0 Å². The van der Waals surface area contributed by atoms with E-state index in [-0.39, 0.29) is 0 Å². The van der Waals surface area contributed by atoms with E-state index in [4.69, 9.17) is 0 Å². The molecule has 2 heteroatoms. The maximum absolute atomic E-state index is 9.30. The number of phenols is 1. The molecule has 0 amide bonds. The maximum atomic E-state index is 9.30. The van der Waals surface area contributed by atoms with Gasteiger partial charge in [-0.25, -0.2) is 0 Å². The Morgan fingerprint density at radius 1 is 1.46 bits per heavy atom. The SMILES string of the molecule is CCN(C)C(C)c1cccc(O)c1. The van der Waals surface area contributed by atoms with Crippen LogP contribution in [-0.4, -0.2) is 23.6 Å². The Labute approximate surface area is 79.8 Å². The topological polar surface area (TPSA) is 23.5 Å². The Kier molecular flexibility index (Phi) is 3.32. The van der Waals surface area contributed by atoms with Crippen molar-refractivity contribution in [3.63, 3.8) is 0 Å². The lowest BCUT2D eigenvalue weighted by Gasteiger charge is -2.23. The molecule has 0 saturated heterocycles. The molecule has 0 radical (unpaired) electrons. The molecule has 0 saturated carbocycles. The summed E-state index contributed by atoms with van der Waals surface area (Å²) in [5, 5.41) is 9.30. The summed E-state index contributed by atoms with van der Waals surface area (Å²) in [6.07, 6.45) is 0. The van der Waals surface area contributed by atoms with Crippen molar-refractivity contribution in [3.05, 3.63) is 29.8 Å². The number of nitrogens with zero attached hydrogens (tertiary/aromatic N) is 1. The second kappa shape index (κ2) is 4.28. The van der Waals surface area contributed by atoms with Crippen molar-refractivity contribution in [2.45, 2.75) is 19.9 Å². The summed E-state index contributed by atoms with van der Waals surface area (Å²) in [5.41, 5.74) is 1.16. The molecule has 1 N–H and O–H groups in total. The third-order valence-electron chi connectivity index (χ3n) is 2.51. The lowest BCUT2D eigenvalue weighted by molar-refractivity contribution is 0.275. The molecule has 0 bridgehead atoms. The first-order valence-electron chi connectivity index (χ1n) is 4.64. The van der Waals surface area contributed by atoms with Gasteiger partial charge in [0, 0.05) is 6.04 Å². The van der Waals surface area contributed by atoms with Crippen molar-refractivity contribution >= 4 is 0 Å². The molecule has 1 unspecified atom stereocenters. The van der Waals surface area contributed by atoms with Crippen LogP contribution in [0.3, 0.4) is 0 Å². The molecular weight excluding hydrogens is 162 g/mol. The normalized spacial score (nSPS) is 13.2. The highest BCUT2D eigenvalue weighted by molar-refractivity contribution is 5.28. The molecule has 1 atom stereocenters. The third kappa shape index (κ3) is 2.46. The van der Waals surface area contributed by atoms with Gasteiger partial charge < -0.3 is 5.11 Å². The van der Waals surface area contributed by atoms with Gasteiger partial charge in [0.25, 0.3) is 0 Å². The zero-order valence-corrected chi connectivity index (χ0v) is 8.49. The number of hydrogen-bond acceptors (Lipinski definition) is 2. The number of aromatic hydroxyl groups is 1. The van der Waals surface area contributed by atoms with E-state index < -0.39 is 0 Å². The first-order chi connectivity index (χ1) is 6.15. The fraction of sp³-hybridized carbons (Fsp3) is 0.455. The molecule has 1 rings (SSSR count). The van der Waals surface area contributed by atoms with Gasteiger partial charge in [0.2, 0.25) is 0 Å². The van der Waals surface area contributed by atoms with Gasteiger partial charge in [-0.1, -0.05) is 19.1 Å². The summed E-state index contributed by atoms with van der Waals surface area (Å²) < 4.78 is 0. The largest absolute Gasteiger partial charge is 0.508 e. The van der Waals surface area contributed by atoms with Crippen molar-refractivity contribution in [2.24, 2.45) is 0 Å². The first-order valence-corrected chi connectivity index (χ1v) is 4.64. The molecule has 72 valence electrons. The van der Waals surface area contributed by atoms with Crippen molar-refractivity contribution < 1.29 is 5.11 Å². The standard InChI is InChI=1S/C11H17NO/c1-4-12(3)9(2)10-6-5-7-11(13)8-10/h5-9,13H,4H2,1-3H3. The molecule has 0 aromatic heterocycles. The van der Waals surface area contributed by atoms with Gasteiger partial charge in [0.1, 0.15) is 5.75 Å². The Morgan fingerprint density at radius 2 is 2.15 bits per heavy atom. The van der Waals surface area contributed by atoms with E-state index >= 15 is 0 Å². The summed E-state index contributed by atoms with van der Waals surface area (Å²) in [5.74, 6) is 0.342. The van der Waals surface area contributed by atoms with E-state index in [1.165, 1.54) is 0 Å². The quantitative estimate of drug-likeness (QED) is 0.770. The van der Waals surface area contributed by atoms with Crippen molar-refractivity contribution in [1.82, 2.24) is 4.90 Å². The first kappa shape index (κ1) is 10.1. The summed E-state index contributed by atoms with van der Waals surface area (Å²) in [4.78, 5) is 2.23. The lowest BCUT2D eigenvalue weighted by atomic mass is 10.1. The Morgan fingerprint density at radius 3 is 2.69 bits per heavy atom. The molecule has 0 heterocycles. The van der Waals surface area contributed by atoms with E-state index in [0.717, 1.165) is 12.1 Å². The van der Waals surface area contributed by atoms with Gasteiger partial charge in [0.15, 0.2) is 0 Å². The van der Waals surface area contributed by atoms with Crippen LogP contribution in [0.2, 0.25) is 0 Å². The predicted octanol–water partition coefficient (Wildman–Crippen LogP) is 2.40. The van der Waals surface area contributed by atoms with Crippen molar-refractivity contribution in [3.8, 4) is 5.75 Å². The molecule has 0 fully saturated rings. The maximum Gasteiger partial charge on any atom is 0.115 e. The molecular formula is C11H17NO. The van der Waals surface area contributed by atoms with E-state index in [0.29, 0.717) is 11.8 Å². The fourth-order valence-electron chi connectivity index (χ4n) is 1.31. The summed E-state index contributed by atoms with van der Waals surface area (Å²) >= 11 is 0. The molecule has 2 nitrogen and oxygen atoms in total. The molecule has 0 aliphatic heterocycles. The second-order valence-corrected chi connectivity index (χ2v) is 3.34. The number of phenolic OH excluding ortho intramolecular Hbond substituents is 1. The summed E-state index contributed by atoms with van der Waals surface area (Å²) in [7, 11) is 2.08. The second-order valence-electron chi connectivity index (χ2n) is 3.34. The Balaban J connectivity index is 2.82. The van der Waals surface area contributed by atoms with Gasteiger partial charge in [-0.3, -0.25) is 4.90 Å². The van der Waals surface area contributed by atoms with E-state index in [1.54, 1.807) is 6.07 Å². The molecule has 1 aromatic rings. The highest BCUT2D eigenvalue weighted by Crippen LogP contribution is 2.21. The van der Waals surface area contributed by atoms with Crippen LogP contribution < -0.4 is 0 Å². The minimum Gasteiger partial charge on any atom is -0.508 e. The van der Waals surface area contributed by atoms with Gasteiger partial charge in [-0.2, -0.15) is 0 Å². The molecule has 0 spiro atoms. The van der Waals surface area contributed by atoms with Crippen LogP contribution in [0.25, 0.3) is 0 Å². The van der Waals surface area contributed by atoms with E-state index in [1.807, 2.05) is 18.2 Å². The van der Waals surface area contributed by atoms with Crippen LogP contribution in [0.1, 0.15) is 25.5 Å². The van der Waals surface area contributed by atoms with Gasteiger partial charge in [-0.05, 0) is 38.2 Å². The van der Waals surface area contributed by atoms with E-state index in [9.17, 15) is 5.11 Å². The molecule has 0 aliphatic rings. The average molecular weight is 179 g/mol. The highest BCUT2D eigenvalue weighted by atomic mass is 16.3. The lowest BCUT2D eigenvalue weighted by Crippen LogP contribution is -2.21. The molecule has 13 heavy (non-hydrogen) atoms. The zero-order valence-electron chi connectivity index (χ0n) is 8.49. The van der Waals surface area contributed by atoms with Crippen LogP contribution in [-0.2, 0) is 0 Å². The molecule has 1 aromatic carbocycles. The van der Waals surface area contributed by atoms with Crippen molar-refractivity contribution in [2.75, 3.05) is 13.6 Å². The Bertz CT molecular complexity index is 273. The van der Waals surface area contributed by atoms with Crippen LogP contribution in [0, 0.1) is 0 Å². The zero-order chi connectivity index (χ0) is 9.84. The Hall–Kier alpha value is -1.02. The smallest absolute Gasteiger partial charge is 0.115 e. The van der Waals surface area contributed by atoms with Gasteiger partial charge in [-0.15, -0.1) is 0 Å². The highest BCUT2D eigenvalue weighted by Gasteiger charge is 2.09. The van der Waals surface area contributed by atoms with E-state index in [2.05, 4.69) is 25.8 Å². The third-order valence-corrected chi connectivity index (χ3v) is 2.51. The van der Waals surface area contributed by atoms with Crippen LogP contribution >= 0.6 is 0 Å². The predicted molar refractivity (Wildman–Crippen MR) is 54.8 cm³/mol. The molecule has 0 aliphatic carbocycles. The number of benzene rings is 1. The number of rotatable bonds is 3. The van der Waals surface area contributed by atoms with Crippen LogP contribution in [0.15, 0.2) is 24.3 Å². The summed E-state index contributed by atoms with van der Waals surface area (Å²) in [6, 6.07) is 7.79. The van der Waals surface area contributed by atoms with Crippen LogP contribution in [0.4, 0.5) is 0 Å². The fourth-order valence-corrected chi connectivity index (χ4v) is 1.31.